The van der Waals surface area contributed by atoms with Gasteiger partial charge in [0.25, 0.3) is 0 Å². The fourth-order valence-corrected chi connectivity index (χ4v) is 0. The molecule has 2 N–H and O–H groups in total. The maximum atomic E-state index is 8.56. The molecule has 0 aliphatic heterocycles. The van der Waals surface area contributed by atoms with E-state index in [0.717, 1.165) is 0 Å². The van der Waals surface area contributed by atoms with Crippen LogP contribution in [-0.4, -0.2) is 5.48 Å². The van der Waals surface area contributed by atoms with E-state index < -0.39 is 15.0 Å². The maximum absolute atomic E-state index is 8.56. The van der Waals surface area contributed by atoms with Gasteiger partial charge < -0.3 is 5.48 Å². The van der Waals surface area contributed by atoms with Crippen molar-refractivity contribution in [3.8, 4) is 0 Å². The molecule has 5 heavy (non-hydrogen) atoms. The zero-order valence-electron chi connectivity index (χ0n) is 2.17. The molecule has 0 saturated carbocycles. The molecule has 0 unspecified atom stereocenters. The first-order chi connectivity index (χ1) is 1.73. The molecule has 0 heterocycles. The Bertz CT molecular complexity index is 73.0. The first kappa shape index (κ1) is 8.87. The Labute approximate surface area is 32.3 Å². The fraction of sp³-hybridized carbons (Fsp3) is 0. The van der Waals surface area contributed by atoms with Crippen molar-refractivity contribution in [1.29, 1.82) is 0 Å². The second-order valence-corrected chi connectivity index (χ2v) is 0.922. The van der Waals surface area contributed by atoms with Crippen LogP contribution in [0, 0.1) is 0 Å². The van der Waals surface area contributed by atoms with Gasteiger partial charge in [-0.15, -0.1) is 0 Å². The van der Waals surface area contributed by atoms with Crippen LogP contribution >= 0.6 is 0 Å². The first-order valence-electron chi connectivity index (χ1n) is 0.548. The molecule has 0 bridgehead atoms. The topological polar surface area (TPSA) is 82.7 Å². The van der Waals surface area contributed by atoms with E-state index >= 15 is 0 Å². The van der Waals surface area contributed by atoms with Gasteiger partial charge in [0.15, 0.2) is 0 Å². The molecular formula is H2O4V. The standard InChI is InChI=1S/H2O.3O.V/h1H2;;;;. The van der Waals surface area contributed by atoms with Crippen LogP contribution in [0.15, 0.2) is 0 Å². The van der Waals surface area contributed by atoms with Crippen LogP contribution in [0.1, 0.15) is 0 Å². The molecule has 0 aliphatic carbocycles. The summed E-state index contributed by atoms with van der Waals surface area (Å²) < 4.78 is 25.7. The van der Waals surface area contributed by atoms with Crippen LogP contribution < -0.4 is 0 Å². The third-order valence-electron chi connectivity index (χ3n) is 0. The monoisotopic (exact) mass is 117 g/mol. The molecule has 0 spiro atoms. The molecule has 0 fully saturated rings. The van der Waals surface area contributed by atoms with Gasteiger partial charge in [-0.05, 0) is 0 Å². The zero-order valence-corrected chi connectivity index (χ0v) is 3.57. The SMILES string of the molecule is O.[O]=[V](=[O])=[O]. The molecule has 0 amide bonds. The molecule has 0 radical (unpaired) electrons. The van der Waals surface area contributed by atoms with Crippen molar-refractivity contribution in [2.45, 2.75) is 0 Å². The normalized spacial score (nSPS) is 4.80. The first-order valence-corrected chi connectivity index (χ1v) is 2.26. The summed E-state index contributed by atoms with van der Waals surface area (Å²) >= 11 is -3.94. The predicted molar refractivity (Wildman–Crippen MR) is 5.67 cm³/mol. The van der Waals surface area contributed by atoms with Crippen molar-refractivity contribution in [3.63, 3.8) is 0 Å². The zero-order chi connectivity index (χ0) is 3.58. The van der Waals surface area contributed by atoms with Gasteiger partial charge in [-0.25, -0.2) is 0 Å². The number of hydrogen-bond donors (Lipinski definition) is 0. The average Bonchev–Trinajstić information content (AvgIpc) is 0.811. The molecule has 0 rings (SSSR count). The molecule has 0 aromatic heterocycles. The summed E-state index contributed by atoms with van der Waals surface area (Å²) in [6.45, 7) is 0. The molecule has 0 saturated heterocycles. The van der Waals surface area contributed by atoms with Crippen LogP contribution in [0.2, 0.25) is 0 Å². The van der Waals surface area contributed by atoms with E-state index in [4.69, 9.17) is 11.0 Å². The van der Waals surface area contributed by atoms with Crippen LogP contribution in [0.3, 0.4) is 0 Å². The van der Waals surface area contributed by atoms with Crippen LogP contribution in [0.5, 0.6) is 0 Å². The van der Waals surface area contributed by atoms with Gasteiger partial charge in [0.2, 0.25) is 0 Å². The fourth-order valence-electron chi connectivity index (χ4n) is 0. The molecule has 0 aromatic rings. The Morgan fingerprint density at radius 1 is 1.00 bits per heavy atom. The molecule has 31 valence electrons. The summed E-state index contributed by atoms with van der Waals surface area (Å²) in [5, 5.41) is 0. The van der Waals surface area contributed by atoms with Gasteiger partial charge in [0.05, 0.1) is 0 Å². The second kappa shape index (κ2) is 3.94. The second-order valence-electron chi connectivity index (χ2n) is 0.224. The minimum atomic E-state index is -3.94. The van der Waals surface area contributed by atoms with Gasteiger partial charge in [-0.3, -0.25) is 0 Å². The van der Waals surface area contributed by atoms with Crippen molar-refractivity contribution in [3.05, 3.63) is 0 Å². The van der Waals surface area contributed by atoms with Crippen molar-refractivity contribution < 1.29 is 31.5 Å². The summed E-state index contributed by atoms with van der Waals surface area (Å²) in [6, 6.07) is 0. The van der Waals surface area contributed by atoms with Crippen molar-refractivity contribution in [1.82, 2.24) is 0 Å². The van der Waals surface area contributed by atoms with E-state index in [2.05, 4.69) is 0 Å². The number of rotatable bonds is 0. The van der Waals surface area contributed by atoms with Crippen LogP contribution in [0.25, 0.3) is 0 Å². The van der Waals surface area contributed by atoms with Gasteiger partial charge in [-0.1, -0.05) is 0 Å². The molecular weight excluding hydrogens is 115 g/mol. The summed E-state index contributed by atoms with van der Waals surface area (Å²) in [6.07, 6.45) is 0. The van der Waals surface area contributed by atoms with Gasteiger partial charge in [0.1, 0.15) is 0 Å². The van der Waals surface area contributed by atoms with Gasteiger partial charge in [0, 0.05) is 0 Å². The van der Waals surface area contributed by atoms with Crippen LogP contribution in [0.4, 0.5) is 0 Å². The molecule has 0 atom stereocenters. The van der Waals surface area contributed by atoms with E-state index in [-0.39, 0.29) is 5.48 Å². The third-order valence-corrected chi connectivity index (χ3v) is 0. The van der Waals surface area contributed by atoms with Crippen molar-refractivity contribution in [2.75, 3.05) is 0 Å². The van der Waals surface area contributed by atoms with E-state index in [1.165, 1.54) is 0 Å². The minimum absolute atomic E-state index is 0. The summed E-state index contributed by atoms with van der Waals surface area (Å²) in [4.78, 5) is 0. The van der Waals surface area contributed by atoms with Gasteiger partial charge in [-0.2, -0.15) is 0 Å². The molecule has 4 nitrogen and oxygen atoms in total. The average molecular weight is 117 g/mol. The summed E-state index contributed by atoms with van der Waals surface area (Å²) in [5.41, 5.74) is 0. The van der Waals surface area contributed by atoms with Crippen molar-refractivity contribution >= 4 is 0 Å². The van der Waals surface area contributed by atoms with E-state index in [1.807, 2.05) is 0 Å². The summed E-state index contributed by atoms with van der Waals surface area (Å²) in [5.74, 6) is 0. The molecule has 0 aromatic carbocycles. The Kier molecular flexibility index (Phi) is 7.00. The molecule has 0 aliphatic rings. The quantitative estimate of drug-likeness (QED) is 0.400. The Balaban J connectivity index is 0. The predicted octanol–water partition coefficient (Wildman–Crippen LogP) is -1.18. The van der Waals surface area contributed by atoms with E-state index in [1.54, 1.807) is 0 Å². The van der Waals surface area contributed by atoms with Crippen molar-refractivity contribution in [2.24, 2.45) is 0 Å². The molecule has 5 heteroatoms. The third kappa shape index (κ3) is 4830. The Morgan fingerprint density at radius 3 is 1.00 bits per heavy atom. The van der Waals surface area contributed by atoms with Gasteiger partial charge >= 0.3 is 26.0 Å². The Hall–Kier alpha value is -0.0556. The van der Waals surface area contributed by atoms with E-state index in [9.17, 15) is 0 Å². The Morgan fingerprint density at radius 2 is 1.00 bits per heavy atom. The van der Waals surface area contributed by atoms with Crippen LogP contribution in [-0.2, 0) is 26.0 Å². The summed E-state index contributed by atoms with van der Waals surface area (Å²) in [7, 11) is 0. The number of hydrogen-bond acceptors (Lipinski definition) is 3. The van der Waals surface area contributed by atoms with E-state index in [0.29, 0.717) is 0 Å².